The van der Waals surface area contributed by atoms with E-state index in [1.165, 1.54) is 15.6 Å². The molecule has 0 aromatic carbocycles. The Hall–Kier alpha value is -1.22. The molecule has 3 heterocycles. The quantitative estimate of drug-likeness (QED) is 0.786. The molecule has 8 heteroatoms. The molecule has 1 saturated heterocycles. The average molecular weight is 413 g/mol. The molecule has 1 aliphatic rings. The lowest BCUT2D eigenvalue weighted by Crippen LogP contribution is -2.46. The van der Waals surface area contributed by atoms with Gasteiger partial charge in [-0.05, 0) is 41.7 Å². The van der Waals surface area contributed by atoms with Gasteiger partial charge < -0.3 is 5.32 Å². The van der Waals surface area contributed by atoms with Gasteiger partial charge in [-0.2, -0.15) is 4.31 Å². The van der Waals surface area contributed by atoms with Crippen molar-refractivity contribution in [2.75, 3.05) is 13.1 Å². The van der Waals surface area contributed by atoms with Gasteiger partial charge in [0.15, 0.2) is 0 Å². The first kappa shape index (κ1) is 19.5. The minimum absolute atomic E-state index is 0.0354. The van der Waals surface area contributed by atoms with E-state index in [0.29, 0.717) is 17.2 Å². The molecule has 1 amide bonds. The zero-order chi connectivity index (χ0) is 18.7. The number of nitrogens with zero attached hydrogens (tertiary/aromatic N) is 1. The number of piperidine rings is 1. The summed E-state index contributed by atoms with van der Waals surface area (Å²) < 4.78 is 27.3. The van der Waals surface area contributed by atoms with E-state index in [1.807, 2.05) is 17.5 Å². The smallest absolute Gasteiger partial charge is 0.252 e. The number of hydrogen-bond acceptors (Lipinski definition) is 5. The predicted molar refractivity (Wildman–Crippen MR) is 106 cm³/mol. The van der Waals surface area contributed by atoms with Crippen LogP contribution < -0.4 is 5.32 Å². The van der Waals surface area contributed by atoms with E-state index in [2.05, 4.69) is 19.2 Å². The fourth-order valence-corrected chi connectivity index (χ4v) is 6.84. The van der Waals surface area contributed by atoms with Crippen molar-refractivity contribution in [3.63, 3.8) is 0 Å². The van der Waals surface area contributed by atoms with E-state index in [-0.39, 0.29) is 30.3 Å². The summed E-state index contributed by atoms with van der Waals surface area (Å²) in [5.41, 5.74) is 0. The van der Waals surface area contributed by atoms with Crippen LogP contribution in [0.15, 0.2) is 39.2 Å². The fraction of sp³-hybridized carbons (Fsp3) is 0.500. The number of carbonyl (C=O) groups is 1. The fourth-order valence-electron chi connectivity index (χ4n) is 3.22. The monoisotopic (exact) mass is 412 g/mol. The number of hydrogen-bond donors (Lipinski definition) is 1. The average Bonchev–Trinajstić information content (AvgIpc) is 3.32. The third kappa shape index (κ3) is 4.19. The maximum atomic E-state index is 12.8. The van der Waals surface area contributed by atoms with Crippen LogP contribution in [0.5, 0.6) is 0 Å². The molecule has 2 aromatic rings. The van der Waals surface area contributed by atoms with Crippen LogP contribution in [-0.4, -0.2) is 31.7 Å². The molecule has 1 N–H and O–H groups in total. The number of sulfonamides is 1. The molecule has 0 bridgehead atoms. The Kier molecular flexibility index (Phi) is 6.17. The van der Waals surface area contributed by atoms with Crippen LogP contribution in [0.3, 0.4) is 0 Å². The van der Waals surface area contributed by atoms with Crippen LogP contribution in [0.2, 0.25) is 0 Å². The molecule has 26 heavy (non-hydrogen) atoms. The Morgan fingerprint density at radius 1 is 1.23 bits per heavy atom. The predicted octanol–water partition coefficient (Wildman–Crippen LogP) is 3.72. The van der Waals surface area contributed by atoms with E-state index < -0.39 is 10.0 Å². The van der Waals surface area contributed by atoms with Gasteiger partial charge in [0.25, 0.3) is 10.0 Å². The second kappa shape index (κ2) is 8.21. The van der Waals surface area contributed by atoms with Crippen LogP contribution >= 0.6 is 22.7 Å². The maximum Gasteiger partial charge on any atom is 0.252 e. The van der Waals surface area contributed by atoms with E-state index in [4.69, 9.17) is 0 Å². The Labute approximate surface area is 163 Å². The van der Waals surface area contributed by atoms with Crippen molar-refractivity contribution in [1.29, 1.82) is 0 Å². The highest BCUT2D eigenvalue weighted by Crippen LogP contribution is 2.29. The Morgan fingerprint density at radius 2 is 1.96 bits per heavy atom. The third-order valence-electron chi connectivity index (χ3n) is 4.66. The first-order chi connectivity index (χ1) is 12.4. The largest absolute Gasteiger partial charge is 0.348 e. The summed E-state index contributed by atoms with van der Waals surface area (Å²) >= 11 is 2.85. The number of thiophene rings is 2. The SMILES string of the molecule is CC(C)[C@H](NC(=O)[C@H]1CCCN(S(=O)(=O)c2cccs2)C1)c1cccs1. The van der Waals surface area contributed by atoms with E-state index in [0.717, 1.165) is 11.3 Å². The van der Waals surface area contributed by atoms with Gasteiger partial charge in [-0.3, -0.25) is 4.79 Å². The normalized spacial score (nSPS) is 20.2. The van der Waals surface area contributed by atoms with Crippen LogP contribution in [0.1, 0.15) is 37.6 Å². The zero-order valence-corrected chi connectivity index (χ0v) is 17.4. The van der Waals surface area contributed by atoms with Crippen LogP contribution in [0.25, 0.3) is 0 Å². The van der Waals surface area contributed by atoms with Crippen molar-refractivity contribution in [2.24, 2.45) is 11.8 Å². The molecule has 1 aliphatic heterocycles. The van der Waals surface area contributed by atoms with Crippen molar-refractivity contribution in [1.82, 2.24) is 9.62 Å². The summed E-state index contributed by atoms with van der Waals surface area (Å²) in [5, 5.41) is 6.91. The standard InChI is InChI=1S/C18H24N2O3S3/c1-13(2)17(15-7-4-10-24-15)19-18(21)14-6-3-9-20(12-14)26(22,23)16-8-5-11-25-16/h4-5,7-8,10-11,13-14,17H,3,6,9,12H2,1-2H3,(H,19,21)/t14-,17-/m0/s1. The summed E-state index contributed by atoms with van der Waals surface area (Å²) in [4.78, 5) is 14.0. The number of rotatable bonds is 6. The molecular formula is C18H24N2O3S3. The molecule has 1 fully saturated rings. The third-order valence-corrected chi connectivity index (χ3v) is 8.85. The molecule has 0 aliphatic carbocycles. The van der Waals surface area contributed by atoms with Gasteiger partial charge in [-0.1, -0.05) is 26.0 Å². The second-order valence-corrected chi connectivity index (χ2v) is 11.0. The number of amides is 1. The molecular weight excluding hydrogens is 388 g/mol. The molecule has 0 saturated carbocycles. The van der Waals surface area contributed by atoms with Gasteiger partial charge in [0.1, 0.15) is 4.21 Å². The summed E-state index contributed by atoms with van der Waals surface area (Å²) in [7, 11) is -3.50. The number of carbonyl (C=O) groups excluding carboxylic acids is 1. The molecule has 2 atom stereocenters. The first-order valence-corrected chi connectivity index (χ1v) is 12.0. The molecule has 0 unspecified atom stereocenters. The lowest BCUT2D eigenvalue weighted by Gasteiger charge is -2.32. The summed E-state index contributed by atoms with van der Waals surface area (Å²) in [5.74, 6) is -0.0879. The Morgan fingerprint density at radius 3 is 2.58 bits per heavy atom. The molecule has 0 radical (unpaired) electrons. The molecule has 2 aromatic heterocycles. The molecule has 142 valence electrons. The van der Waals surface area contributed by atoms with E-state index >= 15 is 0 Å². The molecule has 0 spiro atoms. The van der Waals surface area contributed by atoms with E-state index in [1.54, 1.807) is 28.8 Å². The highest BCUT2D eigenvalue weighted by molar-refractivity contribution is 7.91. The van der Waals surface area contributed by atoms with Gasteiger partial charge in [-0.25, -0.2) is 8.42 Å². The lowest BCUT2D eigenvalue weighted by molar-refractivity contribution is -0.127. The van der Waals surface area contributed by atoms with Crippen molar-refractivity contribution in [3.05, 3.63) is 39.9 Å². The van der Waals surface area contributed by atoms with Gasteiger partial charge in [-0.15, -0.1) is 22.7 Å². The Bertz CT molecular complexity index is 814. The zero-order valence-electron chi connectivity index (χ0n) is 14.9. The highest BCUT2D eigenvalue weighted by atomic mass is 32.2. The highest BCUT2D eigenvalue weighted by Gasteiger charge is 2.34. The molecule has 5 nitrogen and oxygen atoms in total. The minimum atomic E-state index is -3.50. The van der Waals surface area contributed by atoms with Crippen LogP contribution in [-0.2, 0) is 14.8 Å². The van der Waals surface area contributed by atoms with Crippen molar-refractivity contribution >= 4 is 38.6 Å². The van der Waals surface area contributed by atoms with Gasteiger partial charge in [0, 0.05) is 18.0 Å². The topological polar surface area (TPSA) is 66.5 Å². The van der Waals surface area contributed by atoms with Crippen LogP contribution in [0, 0.1) is 11.8 Å². The van der Waals surface area contributed by atoms with Gasteiger partial charge in [0.2, 0.25) is 5.91 Å². The maximum absolute atomic E-state index is 12.8. The summed E-state index contributed by atoms with van der Waals surface area (Å²) in [6, 6.07) is 7.34. The Balaban J connectivity index is 1.70. The van der Waals surface area contributed by atoms with Gasteiger partial charge >= 0.3 is 0 Å². The molecule has 3 rings (SSSR count). The minimum Gasteiger partial charge on any atom is -0.348 e. The van der Waals surface area contributed by atoms with Crippen molar-refractivity contribution in [3.8, 4) is 0 Å². The van der Waals surface area contributed by atoms with Crippen LogP contribution in [0.4, 0.5) is 0 Å². The second-order valence-electron chi connectivity index (χ2n) is 6.88. The van der Waals surface area contributed by atoms with Crippen molar-refractivity contribution < 1.29 is 13.2 Å². The summed E-state index contributed by atoms with van der Waals surface area (Å²) in [6.07, 6.45) is 1.42. The lowest BCUT2D eigenvalue weighted by atomic mass is 9.96. The summed E-state index contributed by atoms with van der Waals surface area (Å²) in [6.45, 7) is 4.89. The van der Waals surface area contributed by atoms with E-state index in [9.17, 15) is 13.2 Å². The first-order valence-electron chi connectivity index (χ1n) is 8.77. The van der Waals surface area contributed by atoms with Crippen molar-refractivity contribution in [2.45, 2.75) is 36.9 Å². The number of nitrogens with one attached hydrogen (secondary N) is 1. The van der Waals surface area contributed by atoms with Gasteiger partial charge in [0.05, 0.1) is 12.0 Å².